The summed E-state index contributed by atoms with van der Waals surface area (Å²) < 4.78 is 0. The minimum Gasteiger partial charge on any atom is -0.360 e. The molecule has 1 aromatic heterocycles. The van der Waals surface area contributed by atoms with E-state index in [-0.39, 0.29) is 5.24 Å². The number of primary amides is 1. The summed E-state index contributed by atoms with van der Waals surface area (Å²) in [4.78, 5) is 15.5. The van der Waals surface area contributed by atoms with Crippen LogP contribution in [0.2, 0.25) is 0 Å². The van der Waals surface area contributed by atoms with Crippen molar-refractivity contribution in [1.29, 1.82) is 0 Å². The summed E-state index contributed by atoms with van der Waals surface area (Å²) in [6, 6.07) is 1.93. The van der Waals surface area contributed by atoms with Gasteiger partial charge in [0.1, 0.15) is 0 Å². The quantitative estimate of drug-likeness (QED) is 0.754. The van der Waals surface area contributed by atoms with Crippen LogP contribution in [0.3, 0.4) is 0 Å². The van der Waals surface area contributed by atoms with Crippen LogP contribution < -0.4 is 5.73 Å². The molecule has 0 unspecified atom stereocenters. The molecule has 1 rings (SSSR count). The SMILES string of the molecule is CCCc1ccncc1SC(N)=O. The van der Waals surface area contributed by atoms with Gasteiger partial charge in [-0.25, -0.2) is 0 Å². The number of hydrogen-bond acceptors (Lipinski definition) is 3. The lowest BCUT2D eigenvalue weighted by Gasteiger charge is -2.03. The van der Waals surface area contributed by atoms with Gasteiger partial charge in [-0.3, -0.25) is 9.78 Å². The van der Waals surface area contributed by atoms with Crippen LogP contribution in [0.25, 0.3) is 0 Å². The van der Waals surface area contributed by atoms with Gasteiger partial charge in [0.2, 0.25) is 0 Å². The van der Waals surface area contributed by atoms with Crippen molar-refractivity contribution >= 4 is 17.0 Å². The van der Waals surface area contributed by atoms with Gasteiger partial charge in [0.05, 0.1) is 0 Å². The van der Waals surface area contributed by atoms with Crippen molar-refractivity contribution in [3.05, 3.63) is 24.0 Å². The van der Waals surface area contributed by atoms with Crippen LogP contribution in [-0.4, -0.2) is 10.2 Å². The van der Waals surface area contributed by atoms with Gasteiger partial charge >= 0.3 is 0 Å². The van der Waals surface area contributed by atoms with E-state index in [1.54, 1.807) is 12.4 Å². The van der Waals surface area contributed by atoms with E-state index in [1.165, 1.54) is 0 Å². The zero-order valence-electron chi connectivity index (χ0n) is 7.49. The third kappa shape index (κ3) is 3.06. The third-order valence-corrected chi connectivity index (χ3v) is 2.39. The molecule has 0 atom stereocenters. The van der Waals surface area contributed by atoms with E-state index in [0.29, 0.717) is 0 Å². The Kier molecular flexibility index (Phi) is 3.76. The van der Waals surface area contributed by atoms with E-state index < -0.39 is 0 Å². The molecule has 0 aliphatic carbocycles. The summed E-state index contributed by atoms with van der Waals surface area (Å²) in [5.74, 6) is 0. The van der Waals surface area contributed by atoms with Gasteiger partial charge < -0.3 is 5.73 Å². The molecule has 0 aliphatic rings. The normalized spacial score (nSPS) is 9.92. The van der Waals surface area contributed by atoms with Gasteiger partial charge in [-0.2, -0.15) is 0 Å². The summed E-state index contributed by atoms with van der Waals surface area (Å²) in [7, 11) is 0. The smallest absolute Gasteiger partial charge is 0.281 e. The zero-order valence-corrected chi connectivity index (χ0v) is 8.30. The van der Waals surface area contributed by atoms with Crippen molar-refractivity contribution in [3.63, 3.8) is 0 Å². The third-order valence-electron chi connectivity index (χ3n) is 1.60. The Labute approximate surface area is 81.7 Å². The number of nitrogens with zero attached hydrogens (tertiary/aromatic N) is 1. The van der Waals surface area contributed by atoms with Gasteiger partial charge in [0, 0.05) is 17.3 Å². The maximum atomic E-state index is 10.7. The highest BCUT2D eigenvalue weighted by Gasteiger charge is 2.04. The highest BCUT2D eigenvalue weighted by atomic mass is 32.2. The van der Waals surface area contributed by atoms with Crippen LogP contribution in [0.4, 0.5) is 4.79 Å². The first-order chi connectivity index (χ1) is 6.24. The van der Waals surface area contributed by atoms with E-state index >= 15 is 0 Å². The number of carbonyl (C=O) groups is 1. The lowest BCUT2D eigenvalue weighted by atomic mass is 10.2. The molecular weight excluding hydrogens is 184 g/mol. The average Bonchev–Trinajstić information content (AvgIpc) is 2.08. The second-order valence-corrected chi connectivity index (χ2v) is 3.70. The number of hydrogen-bond donors (Lipinski definition) is 1. The van der Waals surface area contributed by atoms with Crippen molar-refractivity contribution in [1.82, 2.24) is 4.98 Å². The average molecular weight is 196 g/mol. The molecule has 3 nitrogen and oxygen atoms in total. The highest BCUT2D eigenvalue weighted by molar-refractivity contribution is 8.13. The predicted molar refractivity (Wildman–Crippen MR) is 53.7 cm³/mol. The second kappa shape index (κ2) is 4.87. The number of nitrogens with two attached hydrogens (primary N) is 1. The number of aromatic nitrogens is 1. The number of rotatable bonds is 3. The first-order valence-corrected chi connectivity index (χ1v) is 4.96. The monoisotopic (exact) mass is 196 g/mol. The first kappa shape index (κ1) is 10.1. The topological polar surface area (TPSA) is 56.0 Å². The van der Waals surface area contributed by atoms with Crippen LogP contribution in [0, 0.1) is 0 Å². The molecule has 0 radical (unpaired) electrons. The van der Waals surface area contributed by atoms with Gasteiger partial charge in [0.25, 0.3) is 5.24 Å². The predicted octanol–water partition coefficient (Wildman–Crippen LogP) is 2.20. The van der Waals surface area contributed by atoms with Gasteiger partial charge in [-0.05, 0) is 29.8 Å². The lowest BCUT2D eigenvalue weighted by molar-refractivity contribution is 0.267. The molecule has 2 N–H and O–H groups in total. The molecule has 0 aromatic carbocycles. The molecule has 1 heterocycles. The number of pyridine rings is 1. The standard InChI is InChI=1S/C9H12N2OS/c1-2-3-7-4-5-11-6-8(7)13-9(10)12/h4-6H,2-3H2,1H3,(H2,10,12). The maximum Gasteiger partial charge on any atom is 0.281 e. The first-order valence-electron chi connectivity index (χ1n) is 4.14. The molecule has 0 saturated carbocycles. The fourth-order valence-electron chi connectivity index (χ4n) is 1.08. The van der Waals surface area contributed by atoms with Crippen LogP contribution in [0.1, 0.15) is 18.9 Å². The number of thioether (sulfide) groups is 1. The van der Waals surface area contributed by atoms with Crippen molar-refractivity contribution in [3.8, 4) is 0 Å². The van der Waals surface area contributed by atoms with E-state index in [2.05, 4.69) is 11.9 Å². The van der Waals surface area contributed by atoms with Crippen LogP contribution in [-0.2, 0) is 6.42 Å². The number of amides is 1. The Bertz CT molecular complexity index is 301. The van der Waals surface area contributed by atoms with Crippen LogP contribution in [0.15, 0.2) is 23.4 Å². The largest absolute Gasteiger partial charge is 0.360 e. The molecule has 1 aromatic rings. The minimum absolute atomic E-state index is 0.384. The molecule has 0 fully saturated rings. The lowest BCUT2D eigenvalue weighted by Crippen LogP contribution is -2.03. The van der Waals surface area contributed by atoms with E-state index in [0.717, 1.165) is 35.1 Å². The highest BCUT2D eigenvalue weighted by Crippen LogP contribution is 2.22. The van der Waals surface area contributed by atoms with E-state index in [1.807, 2.05) is 6.07 Å². The second-order valence-electron chi connectivity index (χ2n) is 2.65. The zero-order chi connectivity index (χ0) is 9.68. The van der Waals surface area contributed by atoms with E-state index in [4.69, 9.17) is 5.73 Å². The maximum absolute atomic E-state index is 10.7. The van der Waals surface area contributed by atoms with Crippen molar-refractivity contribution in [2.45, 2.75) is 24.7 Å². The Balaban J connectivity index is 2.84. The van der Waals surface area contributed by atoms with Crippen molar-refractivity contribution in [2.75, 3.05) is 0 Å². The summed E-state index contributed by atoms with van der Waals surface area (Å²) in [5.41, 5.74) is 6.23. The minimum atomic E-state index is -0.384. The molecule has 70 valence electrons. The molecular formula is C9H12N2OS. The van der Waals surface area contributed by atoms with Crippen molar-refractivity contribution < 1.29 is 4.79 Å². The Morgan fingerprint density at radius 2 is 2.46 bits per heavy atom. The van der Waals surface area contributed by atoms with Crippen molar-refractivity contribution in [2.24, 2.45) is 5.73 Å². The van der Waals surface area contributed by atoms with Gasteiger partial charge in [-0.1, -0.05) is 13.3 Å². The van der Waals surface area contributed by atoms with E-state index in [9.17, 15) is 4.79 Å². The Hall–Kier alpha value is -1.03. The number of carbonyl (C=O) groups excluding carboxylic acids is 1. The van der Waals surface area contributed by atoms with Crippen LogP contribution in [0.5, 0.6) is 0 Å². The molecule has 0 spiro atoms. The van der Waals surface area contributed by atoms with Gasteiger partial charge in [0.15, 0.2) is 0 Å². The summed E-state index contributed by atoms with van der Waals surface area (Å²) in [6.07, 6.45) is 5.42. The molecule has 1 amide bonds. The summed E-state index contributed by atoms with van der Waals surface area (Å²) in [5, 5.41) is -0.384. The summed E-state index contributed by atoms with van der Waals surface area (Å²) in [6.45, 7) is 2.10. The van der Waals surface area contributed by atoms with Crippen LogP contribution >= 0.6 is 11.8 Å². The Morgan fingerprint density at radius 3 is 3.08 bits per heavy atom. The van der Waals surface area contributed by atoms with Gasteiger partial charge in [-0.15, -0.1) is 0 Å². The fourth-order valence-corrected chi connectivity index (χ4v) is 1.72. The molecule has 13 heavy (non-hydrogen) atoms. The fraction of sp³-hybridized carbons (Fsp3) is 0.333. The molecule has 0 aliphatic heterocycles. The molecule has 0 saturated heterocycles. The summed E-state index contributed by atoms with van der Waals surface area (Å²) >= 11 is 1.04. The number of aryl methyl sites for hydroxylation is 1. The Morgan fingerprint density at radius 1 is 1.69 bits per heavy atom. The molecule has 4 heteroatoms. The molecule has 0 bridgehead atoms.